The van der Waals surface area contributed by atoms with Crippen molar-refractivity contribution in [2.45, 2.75) is 0 Å². The van der Waals surface area contributed by atoms with Crippen LogP contribution in [-0.2, 0) is 0 Å². The molecule has 13 heavy (non-hydrogen) atoms. The number of benzene rings is 1. The molecule has 0 bridgehead atoms. The van der Waals surface area contributed by atoms with Gasteiger partial charge in [-0.1, -0.05) is 11.6 Å². The van der Waals surface area contributed by atoms with Gasteiger partial charge < -0.3 is 15.8 Å². The zero-order chi connectivity index (χ0) is 9.84. The number of anilines is 1. The molecule has 4 nitrogen and oxygen atoms in total. The van der Waals surface area contributed by atoms with Crippen molar-refractivity contribution in [3.8, 4) is 5.75 Å². The lowest BCUT2D eigenvalue weighted by atomic mass is 10.3. The van der Waals surface area contributed by atoms with Crippen LogP contribution in [0.15, 0.2) is 18.2 Å². The van der Waals surface area contributed by atoms with Crippen LogP contribution in [0.1, 0.15) is 0 Å². The topological polar surface area (TPSA) is 64.3 Å². The first-order valence-corrected chi connectivity index (χ1v) is 3.96. The Kier molecular flexibility index (Phi) is 2.97. The summed E-state index contributed by atoms with van der Waals surface area (Å²) in [7, 11) is 1.46. The van der Waals surface area contributed by atoms with Crippen molar-refractivity contribution >= 4 is 23.4 Å². The molecule has 0 unspecified atom stereocenters. The van der Waals surface area contributed by atoms with Crippen LogP contribution in [0.3, 0.4) is 0 Å². The average Bonchev–Trinajstić information content (AvgIpc) is 2.11. The van der Waals surface area contributed by atoms with Crippen molar-refractivity contribution in [1.82, 2.24) is 5.32 Å². The summed E-state index contributed by atoms with van der Waals surface area (Å²) in [6.45, 7) is 0. The molecule has 0 saturated heterocycles. The number of nitrogens with one attached hydrogen (secondary N) is 1. The number of hydrogen-bond donors (Lipinski definition) is 2. The maximum absolute atomic E-state index is 10.8. The molecule has 0 aromatic heterocycles. The fraction of sp³-hybridized carbons (Fsp3) is 0.125. The van der Waals surface area contributed by atoms with Gasteiger partial charge in [-0.05, 0) is 12.1 Å². The predicted molar refractivity (Wildman–Crippen MR) is 50.9 cm³/mol. The Balaban J connectivity index is 2.87. The van der Waals surface area contributed by atoms with Crippen LogP contribution in [0.4, 0.5) is 10.5 Å². The second kappa shape index (κ2) is 4.00. The minimum absolute atomic E-state index is 0.251. The lowest BCUT2D eigenvalue weighted by Crippen LogP contribution is -2.22. The zero-order valence-corrected chi connectivity index (χ0v) is 7.76. The lowest BCUT2D eigenvalue weighted by Gasteiger charge is -2.05. The molecule has 0 aliphatic rings. The molecule has 0 atom stereocenters. The summed E-state index contributed by atoms with van der Waals surface area (Å²) in [5, 5.41) is 2.64. The highest BCUT2D eigenvalue weighted by atomic mass is 35.5. The fourth-order valence-electron chi connectivity index (χ4n) is 0.749. The van der Waals surface area contributed by atoms with Gasteiger partial charge in [-0.15, -0.1) is 0 Å². The minimum atomic E-state index is -0.576. The number of amides is 1. The van der Waals surface area contributed by atoms with E-state index >= 15 is 0 Å². The highest BCUT2D eigenvalue weighted by Crippen LogP contribution is 2.26. The first kappa shape index (κ1) is 9.67. The van der Waals surface area contributed by atoms with Crippen LogP contribution >= 0.6 is 11.6 Å². The van der Waals surface area contributed by atoms with Gasteiger partial charge in [0.15, 0.2) is 5.75 Å². The molecule has 1 amide bonds. The SMILES string of the molecule is CNC(=O)Oc1cc(N)ccc1Cl. The summed E-state index contributed by atoms with van der Waals surface area (Å²) in [5.74, 6) is 0.251. The van der Waals surface area contributed by atoms with E-state index in [1.807, 2.05) is 0 Å². The lowest BCUT2D eigenvalue weighted by molar-refractivity contribution is 0.203. The highest BCUT2D eigenvalue weighted by Gasteiger charge is 2.05. The van der Waals surface area contributed by atoms with Gasteiger partial charge in [-0.3, -0.25) is 0 Å². The van der Waals surface area contributed by atoms with Crippen LogP contribution in [0, 0.1) is 0 Å². The summed E-state index contributed by atoms with van der Waals surface area (Å²) in [6, 6.07) is 4.67. The first-order valence-electron chi connectivity index (χ1n) is 3.58. The van der Waals surface area contributed by atoms with Crippen molar-refractivity contribution in [3.05, 3.63) is 23.2 Å². The Morgan fingerprint density at radius 2 is 2.31 bits per heavy atom. The van der Waals surface area contributed by atoms with E-state index in [2.05, 4.69) is 5.32 Å². The van der Waals surface area contributed by atoms with Gasteiger partial charge in [0, 0.05) is 18.8 Å². The van der Waals surface area contributed by atoms with E-state index in [-0.39, 0.29) is 5.75 Å². The molecule has 5 heteroatoms. The van der Waals surface area contributed by atoms with Crippen molar-refractivity contribution < 1.29 is 9.53 Å². The third kappa shape index (κ3) is 2.52. The van der Waals surface area contributed by atoms with E-state index in [1.54, 1.807) is 12.1 Å². The number of rotatable bonds is 1. The normalized spacial score (nSPS) is 9.38. The van der Waals surface area contributed by atoms with Gasteiger partial charge in [0.1, 0.15) is 0 Å². The molecule has 0 radical (unpaired) electrons. The Morgan fingerprint density at radius 3 is 2.92 bits per heavy atom. The number of carbonyl (C=O) groups is 1. The van der Waals surface area contributed by atoms with Crippen LogP contribution in [0.25, 0.3) is 0 Å². The van der Waals surface area contributed by atoms with E-state index in [1.165, 1.54) is 13.1 Å². The third-order valence-corrected chi connectivity index (χ3v) is 1.67. The summed E-state index contributed by atoms with van der Waals surface area (Å²) < 4.78 is 4.81. The molecule has 0 spiro atoms. The maximum atomic E-state index is 10.8. The molecule has 0 aliphatic heterocycles. The number of nitrogen functional groups attached to an aromatic ring is 1. The second-order valence-electron chi connectivity index (χ2n) is 2.33. The van der Waals surface area contributed by atoms with Gasteiger partial charge in [0.2, 0.25) is 0 Å². The Morgan fingerprint density at radius 1 is 1.62 bits per heavy atom. The number of halogens is 1. The van der Waals surface area contributed by atoms with Gasteiger partial charge in [-0.2, -0.15) is 0 Å². The third-order valence-electron chi connectivity index (χ3n) is 1.36. The quantitative estimate of drug-likeness (QED) is 0.678. The average molecular weight is 201 g/mol. The molecule has 0 heterocycles. The molecule has 1 rings (SSSR count). The molecule has 0 aliphatic carbocycles. The van der Waals surface area contributed by atoms with Crippen LogP contribution < -0.4 is 15.8 Å². The van der Waals surface area contributed by atoms with Gasteiger partial charge >= 0.3 is 6.09 Å². The summed E-state index contributed by atoms with van der Waals surface area (Å²) in [6.07, 6.45) is -0.576. The predicted octanol–water partition coefficient (Wildman–Crippen LogP) is 1.64. The van der Waals surface area contributed by atoms with Crippen LogP contribution in [0.2, 0.25) is 5.02 Å². The number of hydrogen-bond acceptors (Lipinski definition) is 3. The van der Waals surface area contributed by atoms with Crippen molar-refractivity contribution in [3.63, 3.8) is 0 Å². The molecule has 1 aromatic carbocycles. The summed E-state index contributed by atoms with van der Waals surface area (Å²) in [4.78, 5) is 10.8. The van der Waals surface area contributed by atoms with Gasteiger partial charge in [-0.25, -0.2) is 4.79 Å². The zero-order valence-electron chi connectivity index (χ0n) is 7.00. The van der Waals surface area contributed by atoms with Gasteiger partial charge in [0.05, 0.1) is 5.02 Å². The molecular formula is C8H9ClN2O2. The standard InChI is InChI=1S/C8H9ClN2O2/c1-11-8(12)13-7-4-5(10)2-3-6(7)9/h2-4H,10H2,1H3,(H,11,12). The number of nitrogens with two attached hydrogens (primary N) is 1. The molecule has 70 valence electrons. The van der Waals surface area contributed by atoms with Crippen molar-refractivity contribution in [2.75, 3.05) is 12.8 Å². The monoisotopic (exact) mass is 200 g/mol. The minimum Gasteiger partial charge on any atom is -0.409 e. The van der Waals surface area contributed by atoms with E-state index in [0.29, 0.717) is 10.7 Å². The first-order chi connectivity index (χ1) is 6.13. The Hall–Kier alpha value is -1.42. The van der Waals surface area contributed by atoms with E-state index < -0.39 is 6.09 Å². The molecule has 3 N–H and O–H groups in total. The van der Waals surface area contributed by atoms with Crippen LogP contribution in [-0.4, -0.2) is 13.1 Å². The van der Waals surface area contributed by atoms with E-state index in [0.717, 1.165) is 0 Å². The molecule has 1 aromatic rings. The molecular weight excluding hydrogens is 192 g/mol. The largest absolute Gasteiger partial charge is 0.412 e. The van der Waals surface area contributed by atoms with Gasteiger partial charge in [0.25, 0.3) is 0 Å². The van der Waals surface area contributed by atoms with Crippen molar-refractivity contribution in [1.29, 1.82) is 0 Å². The highest BCUT2D eigenvalue weighted by molar-refractivity contribution is 6.32. The van der Waals surface area contributed by atoms with E-state index in [9.17, 15) is 4.79 Å². The second-order valence-corrected chi connectivity index (χ2v) is 2.74. The summed E-state index contributed by atoms with van der Waals surface area (Å²) in [5.41, 5.74) is 5.96. The molecule has 0 fully saturated rings. The summed E-state index contributed by atoms with van der Waals surface area (Å²) >= 11 is 5.74. The molecule has 0 saturated carbocycles. The van der Waals surface area contributed by atoms with E-state index in [4.69, 9.17) is 22.1 Å². The smallest absolute Gasteiger partial charge is 0.409 e. The Bertz CT molecular complexity index is 328. The number of ether oxygens (including phenoxy) is 1. The van der Waals surface area contributed by atoms with Crippen LogP contribution in [0.5, 0.6) is 5.75 Å². The van der Waals surface area contributed by atoms with Crippen molar-refractivity contribution in [2.24, 2.45) is 0 Å². The number of carbonyl (C=O) groups excluding carboxylic acids is 1. The maximum Gasteiger partial charge on any atom is 0.412 e. The fourth-order valence-corrected chi connectivity index (χ4v) is 0.905. The Labute approximate surface area is 80.6 Å².